The molecule has 2 unspecified atom stereocenters. The SMILES string of the molecule is CCCN(CC1CC1)C1CCCCCC1C(=O)O. The van der Waals surface area contributed by atoms with Crippen LogP contribution in [0.15, 0.2) is 0 Å². The molecule has 0 aromatic carbocycles. The maximum Gasteiger partial charge on any atom is 0.308 e. The quantitative estimate of drug-likeness (QED) is 0.739. The molecule has 18 heavy (non-hydrogen) atoms. The highest BCUT2D eigenvalue weighted by Gasteiger charge is 2.35. The standard InChI is InChI=1S/C15H27NO2/c1-2-10-16(11-12-8-9-12)14-7-5-3-4-6-13(14)15(17)18/h12-14H,2-11H2,1H3,(H,17,18). The third kappa shape index (κ3) is 3.71. The zero-order chi connectivity index (χ0) is 13.0. The Morgan fingerprint density at radius 2 is 1.89 bits per heavy atom. The first-order chi connectivity index (χ1) is 8.72. The Kier molecular flexibility index (Phi) is 5.04. The predicted octanol–water partition coefficient (Wildman–Crippen LogP) is 3.14. The maximum absolute atomic E-state index is 11.5. The molecule has 2 saturated carbocycles. The smallest absolute Gasteiger partial charge is 0.308 e. The van der Waals surface area contributed by atoms with E-state index < -0.39 is 5.97 Å². The Hall–Kier alpha value is -0.570. The van der Waals surface area contributed by atoms with Crippen LogP contribution in [0.4, 0.5) is 0 Å². The van der Waals surface area contributed by atoms with Gasteiger partial charge >= 0.3 is 5.97 Å². The van der Waals surface area contributed by atoms with Gasteiger partial charge in [0.2, 0.25) is 0 Å². The molecule has 0 aromatic rings. The number of carbonyl (C=O) groups is 1. The minimum absolute atomic E-state index is 0.127. The molecule has 0 heterocycles. The highest BCUT2D eigenvalue weighted by Crippen LogP contribution is 2.34. The molecule has 2 aliphatic rings. The summed E-state index contributed by atoms with van der Waals surface area (Å²) in [4.78, 5) is 14.0. The van der Waals surface area contributed by atoms with Crippen molar-refractivity contribution in [2.24, 2.45) is 11.8 Å². The molecule has 2 aliphatic carbocycles. The van der Waals surface area contributed by atoms with Crippen LogP contribution in [-0.4, -0.2) is 35.1 Å². The van der Waals surface area contributed by atoms with E-state index >= 15 is 0 Å². The van der Waals surface area contributed by atoms with Crippen molar-refractivity contribution in [1.29, 1.82) is 0 Å². The molecule has 0 amide bonds. The molecule has 1 N–H and O–H groups in total. The minimum atomic E-state index is -0.571. The second kappa shape index (κ2) is 6.55. The number of nitrogens with zero attached hydrogens (tertiary/aromatic N) is 1. The van der Waals surface area contributed by atoms with E-state index in [0.29, 0.717) is 6.04 Å². The zero-order valence-corrected chi connectivity index (χ0v) is 11.6. The molecule has 2 rings (SSSR count). The number of hydrogen-bond donors (Lipinski definition) is 1. The van der Waals surface area contributed by atoms with Crippen LogP contribution in [0.3, 0.4) is 0 Å². The van der Waals surface area contributed by atoms with Crippen LogP contribution in [0.5, 0.6) is 0 Å². The van der Waals surface area contributed by atoms with Crippen molar-refractivity contribution in [2.75, 3.05) is 13.1 Å². The van der Waals surface area contributed by atoms with Crippen molar-refractivity contribution in [2.45, 2.75) is 64.3 Å². The molecule has 0 aromatic heterocycles. The van der Waals surface area contributed by atoms with Crippen LogP contribution in [-0.2, 0) is 4.79 Å². The topological polar surface area (TPSA) is 40.5 Å². The second-order valence-corrected chi connectivity index (χ2v) is 6.09. The van der Waals surface area contributed by atoms with Crippen LogP contribution in [0, 0.1) is 11.8 Å². The summed E-state index contributed by atoms with van der Waals surface area (Å²) in [6, 6.07) is 0.297. The van der Waals surface area contributed by atoms with Crippen LogP contribution in [0.2, 0.25) is 0 Å². The summed E-state index contributed by atoms with van der Waals surface area (Å²) in [5, 5.41) is 9.47. The lowest BCUT2D eigenvalue weighted by Crippen LogP contribution is -2.44. The molecule has 3 heteroatoms. The van der Waals surface area contributed by atoms with Crippen molar-refractivity contribution in [1.82, 2.24) is 4.90 Å². The average Bonchev–Trinajstić information content (AvgIpc) is 3.13. The van der Waals surface area contributed by atoms with Crippen molar-refractivity contribution >= 4 is 5.97 Å². The number of carboxylic acids is 1. The third-order valence-corrected chi connectivity index (χ3v) is 4.47. The van der Waals surface area contributed by atoms with Crippen molar-refractivity contribution in [3.63, 3.8) is 0 Å². The fourth-order valence-electron chi connectivity index (χ4n) is 3.32. The maximum atomic E-state index is 11.5. The molecule has 0 bridgehead atoms. The third-order valence-electron chi connectivity index (χ3n) is 4.47. The molecule has 0 aliphatic heterocycles. The van der Waals surface area contributed by atoms with E-state index in [1.807, 2.05) is 0 Å². The van der Waals surface area contributed by atoms with Crippen molar-refractivity contribution < 1.29 is 9.90 Å². The van der Waals surface area contributed by atoms with E-state index in [4.69, 9.17) is 0 Å². The Bertz CT molecular complexity index is 276. The Balaban J connectivity index is 2.03. The summed E-state index contributed by atoms with van der Waals surface area (Å²) in [5.41, 5.74) is 0. The van der Waals surface area contributed by atoms with Crippen LogP contribution in [0.25, 0.3) is 0 Å². The predicted molar refractivity (Wildman–Crippen MR) is 72.6 cm³/mol. The van der Waals surface area contributed by atoms with E-state index in [1.165, 1.54) is 25.7 Å². The van der Waals surface area contributed by atoms with Crippen LogP contribution < -0.4 is 0 Å². The molecule has 0 saturated heterocycles. The molecule has 104 valence electrons. The average molecular weight is 253 g/mol. The lowest BCUT2D eigenvalue weighted by Gasteiger charge is -2.34. The van der Waals surface area contributed by atoms with Gasteiger partial charge in [0.15, 0.2) is 0 Å². The Labute approximate surface area is 111 Å². The summed E-state index contributed by atoms with van der Waals surface area (Å²) in [6.45, 7) is 4.42. The van der Waals surface area contributed by atoms with Gasteiger partial charge < -0.3 is 5.11 Å². The molecular weight excluding hydrogens is 226 g/mol. The molecule has 2 fully saturated rings. The molecule has 0 spiro atoms. The first kappa shape index (κ1) is 13.9. The number of carboxylic acid groups (broad SMARTS) is 1. The number of rotatable bonds is 6. The first-order valence-electron chi connectivity index (χ1n) is 7.69. The number of hydrogen-bond acceptors (Lipinski definition) is 2. The van der Waals surface area contributed by atoms with Crippen LogP contribution >= 0.6 is 0 Å². The van der Waals surface area contributed by atoms with Crippen molar-refractivity contribution in [3.05, 3.63) is 0 Å². The van der Waals surface area contributed by atoms with E-state index in [0.717, 1.165) is 44.7 Å². The van der Waals surface area contributed by atoms with Crippen LogP contribution in [0.1, 0.15) is 58.3 Å². The highest BCUT2D eigenvalue weighted by atomic mass is 16.4. The summed E-state index contributed by atoms with van der Waals surface area (Å²) < 4.78 is 0. The van der Waals surface area contributed by atoms with Gasteiger partial charge in [-0.2, -0.15) is 0 Å². The van der Waals surface area contributed by atoms with Gasteiger partial charge in [0.25, 0.3) is 0 Å². The minimum Gasteiger partial charge on any atom is -0.481 e. The monoisotopic (exact) mass is 253 g/mol. The lowest BCUT2D eigenvalue weighted by atomic mass is 9.93. The normalized spacial score (nSPS) is 29.2. The van der Waals surface area contributed by atoms with E-state index in [9.17, 15) is 9.90 Å². The van der Waals surface area contributed by atoms with E-state index in [2.05, 4.69) is 11.8 Å². The van der Waals surface area contributed by atoms with Gasteiger partial charge in [0, 0.05) is 12.6 Å². The summed E-state index contributed by atoms with van der Waals surface area (Å²) in [5.74, 6) is 0.158. The first-order valence-corrected chi connectivity index (χ1v) is 7.69. The summed E-state index contributed by atoms with van der Waals surface area (Å²) in [7, 11) is 0. The van der Waals surface area contributed by atoms with E-state index in [1.54, 1.807) is 0 Å². The summed E-state index contributed by atoms with van der Waals surface area (Å²) >= 11 is 0. The zero-order valence-electron chi connectivity index (χ0n) is 11.6. The van der Waals surface area contributed by atoms with Gasteiger partial charge in [-0.15, -0.1) is 0 Å². The highest BCUT2D eigenvalue weighted by molar-refractivity contribution is 5.70. The largest absolute Gasteiger partial charge is 0.481 e. The molecule has 3 nitrogen and oxygen atoms in total. The van der Waals surface area contributed by atoms with Gasteiger partial charge in [0.1, 0.15) is 0 Å². The van der Waals surface area contributed by atoms with Gasteiger partial charge in [-0.3, -0.25) is 9.69 Å². The van der Waals surface area contributed by atoms with Gasteiger partial charge in [-0.05, 0) is 44.6 Å². The lowest BCUT2D eigenvalue weighted by molar-refractivity contribution is -0.144. The second-order valence-electron chi connectivity index (χ2n) is 6.09. The van der Waals surface area contributed by atoms with Gasteiger partial charge in [-0.25, -0.2) is 0 Å². The Morgan fingerprint density at radius 3 is 2.50 bits per heavy atom. The summed E-state index contributed by atoms with van der Waals surface area (Å²) in [6.07, 6.45) is 9.32. The fraction of sp³-hybridized carbons (Fsp3) is 0.933. The Morgan fingerprint density at radius 1 is 1.17 bits per heavy atom. The number of aliphatic carboxylic acids is 1. The fourth-order valence-corrected chi connectivity index (χ4v) is 3.32. The molecular formula is C15H27NO2. The molecule has 0 radical (unpaired) electrons. The van der Waals surface area contributed by atoms with E-state index in [-0.39, 0.29) is 5.92 Å². The van der Waals surface area contributed by atoms with Gasteiger partial charge in [0.05, 0.1) is 5.92 Å². The van der Waals surface area contributed by atoms with Crippen molar-refractivity contribution in [3.8, 4) is 0 Å². The molecule has 2 atom stereocenters. The van der Waals surface area contributed by atoms with Gasteiger partial charge in [-0.1, -0.05) is 26.2 Å².